The van der Waals surface area contributed by atoms with Crippen molar-refractivity contribution in [3.05, 3.63) is 57.9 Å². The highest BCUT2D eigenvalue weighted by molar-refractivity contribution is 8.00. The van der Waals surface area contributed by atoms with Gasteiger partial charge >= 0.3 is 0 Å². The molecule has 0 unspecified atom stereocenters. The number of aromatic nitrogens is 1. The first-order valence-corrected chi connectivity index (χ1v) is 6.31. The van der Waals surface area contributed by atoms with Crippen LogP contribution in [-0.2, 0) is 4.94 Å². The van der Waals surface area contributed by atoms with E-state index in [2.05, 4.69) is 5.48 Å². The van der Waals surface area contributed by atoms with Gasteiger partial charge in [-0.15, -0.1) is 4.94 Å². The van der Waals surface area contributed by atoms with Crippen molar-refractivity contribution < 1.29 is 14.6 Å². The van der Waals surface area contributed by atoms with E-state index in [9.17, 15) is 15.3 Å². The van der Waals surface area contributed by atoms with Crippen LogP contribution >= 0.6 is 11.9 Å². The monoisotopic (exact) mass is 292 g/mol. The molecule has 3 rings (SSSR count). The van der Waals surface area contributed by atoms with E-state index in [1.54, 1.807) is 30.3 Å². The minimum absolute atomic E-state index is 0.0892. The van der Waals surface area contributed by atoms with Crippen molar-refractivity contribution in [2.75, 3.05) is 9.95 Å². The van der Waals surface area contributed by atoms with E-state index >= 15 is 0 Å². The van der Waals surface area contributed by atoms with Gasteiger partial charge in [0.05, 0.1) is 16.9 Å². The lowest BCUT2D eigenvalue weighted by atomic mass is 10.2. The summed E-state index contributed by atoms with van der Waals surface area (Å²) in [6, 6.07) is 9.54. The summed E-state index contributed by atoms with van der Waals surface area (Å²) in [5.74, 6) is 0. The number of nitrogens with zero attached hydrogens (tertiary/aromatic N) is 3. The Morgan fingerprint density at radius 2 is 2.15 bits per heavy atom. The molecule has 0 spiro atoms. The summed E-state index contributed by atoms with van der Waals surface area (Å²) in [6.07, 6.45) is 1.36. The first-order chi connectivity index (χ1) is 9.66. The van der Waals surface area contributed by atoms with Crippen molar-refractivity contribution in [1.82, 2.24) is 0 Å². The molecule has 20 heavy (non-hydrogen) atoms. The van der Waals surface area contributed by atoms with E-state index in [0.29, 0.717) is 15.4 Å². The molecule has 8 nitrogen and oxygen atoms in total. The number of nitro groups is 1. The standard InChI is InChI=1S/C11H8N4O4S/c16-13-7-2-1-6-10(13)20-15-9-5-3-4-8(14(17)18)11(9)12-19-15/h1-7,12H. The number of pyridine rings is 1. The van der Waals surface area contributed by atoms with Gasteiger partial charge in [-0.05, 0) is 12.1 Å². The van der Waals surface area contributed by atoms with Gasteiger partial charge in [-0.3, -0.25) is 10.1 Å². The number of benzene rings is 1. The largest absolute Gasteiger partial charge is 0.618 e. The first kappa shape index (κ1) is 12.5. The number of nitro benzene ring substituents is 1. The van der Waals surface area contributed by atoms with Crippen LogP contribution in [0.15, 0.2) is 47.6 Å². The topological polar surface area (TPSA) is 94.6 Å². The number of hydrogen-bond acceptors (Lipinski definition) is 7. The summed E-state index contributed by atoms with van der Waals surface area (Å²) in [5.41, 5.74) is 3.14. The highest BCUT2D eigenvalue weighted by Crippen LogP contribution is 2.43. The second-order valence-electron chi connectivity index (χ2n) is 3.83. The van der Waals surface area contributed by atoms with Gasteiger partial charge in [-0.1, -0.05) is 6.07 Å². The zero-order chi connectivity index (χ0) is 14.1. The molecule has 0 bridgehead atoms. The van der Waals surface area contributed by atoms with Gasteiger partial charge in [0.15, 0.2) is 11.9 Å². The number of rotatable bonds is 3. The highest BCUT2D eigenvalue weighted by atomic mass is 32.2. The third-order valence-electron chi connectivity index (χ3n) is 2.61. The Bertz CT molecular complexity index is 681. The Morgan fingerprint density at radius 1 is 1.30 bits per heavy atom. The fourth-order valence-electron chi connectivity index (χ4n) is 1.71. The Balaban J connectivity index is 1.92. The molecule has 102 valence electrons. The summed E-state index contributed by atoms with van der Waals surface area (Å²) in [5, 5.41) is 22.9. The molecule has 1 aliphatic heterocycles. The Kier molecular flexibility index (Phi) is 3.05. The quantitative estimate of drug-likeness (QED) is 0.304. The van der Waals surface area contributed by atoms with Crippen LogP contribution < -0.4 is 14.7 Å². The third-order valence-corrected chi connectivity index (χ3v) is 3.55. The molecule has 1 aliphatic rings. The number of para-hydroxylation sites is 1. The molecule has 2 heterocycles. The van der Waals surface area contributed by atoms with Crippen LogP contribution in [0.4, 0.5) is 17.1 Å². The van der Waals surface area contributed by atoms with E-state index in [1.165, 1.54) is 16.7 Å². The van der Waals surface area contributed by atoms with Gasteiger partial charge in [-0.2, -0.15) is 9.20 Å². The molecule has 0 radical (unpaired) electrons. The molecule has 0 atom stereocenters. The van der Waals surface area contributed by atoms with Crippen molar-refractivity contribution >= 4 is 29.0 Å². The predicted octanol–water partition coefficient (Wildman–Crippen LogP) is 2.01. The molecule has 9 heteroatoms. The van der Waals surface area contributed by atoms with Crippen LogP contribution in [0.5, 0.6) is 0 Å². The lowest BCUT2D eigenvalue weighted by Crippen LogP contribution is -2.29. The van der Waals surface area contributed by atoms with Crippen molar-refractivity contribution in [3.63, 3.8) is 0 Å². The van der Waals surface area contributed by atoms with Crippen LogP contribution in [0.1, 0.15) is 0 Å². The maximum absolute atomic E-state index is 11.6. The van der Waals surface area contributed by atoms with Crippen LogP contribution in [0.25, 0.3) is 0 Å². The molecule has 0 aliphatic carbocycles. The van der Waals surface area contributed by atoms with Gasteiger partial charge in [-0.25, -0.2) is 5.48 Å². The van der Waals surface area contributed by atoms with E-state index in [4.69, 9.17) is 4.94 Å². The van der Waals surface area contributed by atoms with Gasteiger partial charge in [0.1, 0.15) is 5.69 Å². The van der Waals surface area contributed by atoms with E-state index in [-0.39, 0.29) is 11.4 Å². The minimum Gasteiger partial charge on any atom is -0.618 e. The van der Waals surface area contributed by atoms with Crippen LogP contribution in [-0.4, -0.2) is 4.92 Å². The van der Waals surface area contributed by atoms with Gasteiger partial charge in [0.2, 0.25) is 0 Å². The molecule has 1 aromatic carbocycles. The summed E-state index contributed by atoms with van der Waals surface area (Å²) < 4.78 is 2.00. The number of fused-ring (bicyclic) bond motifs is 1. The smallest absolute Gasteiger partial charge is 0.296 e. The second kappa shape index (κ2) is 4.87. The summed E-state index contributed by atoms with van der Waals surface area (Å²) in [6.45, 7) is 0. The molecular formula is C11H8N4O4S. The maximum Gasteiger partial charge on any atom is 0.296 e. The van der Waals surface area contributed by atoms with Crippen LogP contribution in [0.2, 0.25) is 0 Å². The SMILES string of the molecule is O=[N+]([O-])c1cccc2c1NON2Sc1cccc[n+]1[O-]. The Morgan fingerprint density at radius 3 is 2.90 bits per heavy atom. The lowest BCUT2D eigenvalue weighted by Gasteiger charge is -2.12. The predicted molar refractivity (Wildman–Crippen MR) is 71.5 cm³/mol. The average Bonchev–Trinajstić information content (AvgIpc) is 2.84. The average molecular weight is 292 g/mol. The molecular weight excluding hydrogens is 284 g/mol. The maximum atomic E-state index is 11.6. The van der Waals surface area contributed by atoms with E-state index in [0.717, 1.165) is 11.9 Å². The normalized spacial score (nSPS) is 12.9. The lowest BCUT2D eigenvalue weighted by molar-refractivity contribution is -0.645. The van der Waals surface area contributed by atoms with Crippen molar-refractivity contribution in [2.24, 2.45) is 0 Å². The highest BCUT2D eigenvalue weighted by Gasteiger charge is 2.30. The molecule has 0 amide bonds. The summed E-state index contributed by atoms with van der Waals surface area (Å²) in [7, 11) is 0. The van der Waals surface area contributed by atoms with Gasteiger partial charge in [0, 0.05) is 18.2 Å². The fourth-order valence-corrected chi connectivity index (χ4v) is 2.49. The van der Waals surface area contributed by atoms with E-state index < -0.39 is 4.92 Å². The fraction of sp³-hybridized carbons (Fsp3) is 0. The van der Waals surface area contributed by atoms with Crippen LogP contribution in [0, 0.1) is 15.3 Å². The van der Waals surface area contributed by atoms with Gasteiger partial charge in [0.25, 0.3) is 10.7 Å². The van der Waals surface area contributed by atoms with Crippen LogP contribution in [0.3, 0.4) is 0 Å². The van der Waals surface area contributed by atoms with Crippen molar-refractivity contribution in [3.8, 4) is 0 Å². The van der Waals surface area contributed by atoms with Crippen molar-refractivity contribution in [1.29, 1.82) is 0 Å². The van der Waals surface area contributed by atoms with Crippen molar-refractivity contribution in [2.45, 2.75) is 5.03 Å². The molecule has 2 aromatic rings. The van der Waals surface area contributed by atoms with E-state index in [1.807, 2.05) is 0 Å². The minimum atomic E-state index is -0.500. The molecule has 0 saturated carbocycles. The Labute approximate surface area is 117 Å². The zero-order valence-electron chi connectivity index (χ0n) is 9.92. The summed E-state index contributed by atoms with van der Waals surface area (Å²) in [4.78, 5) is 15.6. The molecule has 1 aromatic heterocycles. The molecule has 1 N–H and O–H groups in total. The Hall–Kier alpha value is -2.52. The zero-order valence-corrected chi connectivity index (χ0v) is 10.7. The van der Waals surface area contributed by atoms with Gasteiger partial charge < -0.3 is 5.21 Å². The number of nitrogens with one attached hydrogen (secondary N) is 1. The third kappa shape index (κ3) is 2.08. The number of hydrogen-bond donors (Lipinski definition) is 1. The second-order valence-corrected chi connectivity index (χ2v) is 4.77. The molecule has 0 saturated heterocycles. The first-order valence-electron chi connectivity index (χ1n) is 5.53. The summed E-state index contributed by atoms with van der Waals surface area (Å²) >= 11 is 1.02. The number of anilines is 2. The molecule has 0 fully saturated rings.